The fourth-order valence-electron chi connectivity index (χ4n) is 11.3. The van der Waals surface area contributed by atoms with Crippen LogP contribution in [0, 0.1) is 124 Å². The van der Waals surface area contributed by atoms with Crippen LogP contribution in [0.4, 0.5) is 13.2 Å². The van der Waals surface area contributed by atoms with E-state index < -0.39 is 11.6 Å². The molecule has 3 aliphatic heterocycles. The summed E-state index contributed by atoms with van der Waals surface area (Å²) in [5.74, 6) is 9.11. The van der Waals surface area contributed by atoms with Crippen LogP contribution in [0.2, 0.25) is 0 Å². The van der Waals surface area contributed by atoms with Crippen LogP contribution in [-0.2, 0) is 18.9 Å². The largest absolute Gasteiger partial charge is 0.378 e. The minimum Gasteiger partial charge on any atom is -0.378 e. The Morgan fingerprint density at radius 1 is 0.287 bits per heavy atom. The van der Waals surface area contributed by atoms with E-state index in [1.807, 2.05) is 19.9 Å². The van der Waals surface area contributed by atoms with Crippen molar-refractivity contribution in [3.05, 3.63) is 129 Å². The normalized spacial score (nSPS) is 28.1. The van der Waals surface area contributed by atoms with Gasteiger partial charge in [0, 0.05) is 24.7 Å². The number of hydrogen-bond donors (Lipinski definition) is 0. The Morgan fingerprint density at radius 2 is 0.564 bits per heavy atom. The van der Waals surface area contributed by atoms with Gasteiger partial charge in [-0.05, 0) is 234 Å². The first kappa shape index (κ1) is 95.0. The molecule has 0 aromatic heterocycles. The summed E-state index contributed by atoms with van der Waals surface area (Å²) in [4.78, 5) is 0. The van der Waals surface area contributed by atoms with Crippen LogP contribution in [0.15, 0.2) is 77.9 Å². The summed E-state index contributed by atoms with van der Waals surface area (Å²) in [5, 5.41) is 0. The Kier molecular flexibility index (Phi) is 56.2. The summed E-state index contributed by atoms with van der Waals surface area (Å²) in [6.45, 7) is 50.7. The molecule has 3 aromatic rings. The molecule has 3 saturated heterocycles. The highest BCUT2D eigenvalue weighted by molar-refractivity contribution is 5.24. The van der Waals surface area contributed by atoms with Crippen LogP contribution >= 0.6 is 0 Å². The molecule has 3 aromatic carbocycles. The van der Waals surface area contributed by atoms with Gasteiger partial charge in [-0.15, -0.1) is 0 Å². The second-order valence-electron chi connectivity index (χ2n) is 30.7. The van der Waals surface area contributed by atoms with Gasteiger partial charge in [-0.3, -0.25) is 0 Å². The van der Waals surface area contributed by atoms with E-state index in [0.29, 0.717) is 29.3 Å². The zero-order valence-corrected chi connectivity index (χ0v) is 63.1. The Labute approximate surface area is 583 Å². The van der Waals surface area contributed by atoms with Gasteiger partial charge in [0.1, 0.15) is 17.5 Å². The van der Waals surface area contributed by atoms with Gasteiger partial charge in [-0.2, -0.15) is 0 Å². The molecule has 6 atom stereocenters. The standard InChI is InChI=1S/C8H8F2.C8H9F.3C8H16.2C8H14.C8H10.2C7H14O.C6H12O2.3CH4/c1-5-3-7(9)6(2)8(10)4-5;1-6-3-4-7(2)8(9)5-6;6*1-7-3-5-8(2)6-4-7;2*1-6-3-4-7(2)8-5-6;1-5-3-7-6(2)8-4-5;;;/h3-4H,1-2H3;3-5H,1-2H3;3*7-8H,3-6H2,1-2H3;2*3,8H,4-6H2,1-2H3;3-6H,1-2H3;2*6-7H,3-5H2,1-2H3;5-6H,3-4H2,1-2H3;3*1H4. The quantitative estimate of drug-likeness (QED) is 0.210. The number of rotatable bonds is 0. The molecule has 94 heavy (non-hydrogen) atoms. The maximum atomic E-state index is 12.6. The summed E-state index contributed by atoms with van der Waals surface area (Å²) >= 11 is 0. The van der Waals surface area contributed by atoms with E-state index in [0.717, 1.165) is 91.2 Å². The molecular formula is C87H155F3O4. The van der Waals surface area contributed by atoms with Crippen LogP contribution < -0.4 is 0 Å². The monoisotopic (exact) mass is 1320 g/mol. The molecule has 8 aliphatic rings. The summed E-state index contributed by atoms with van der Waals surface area (Å²) in [5.41, 5.74) is 8.21. The summed E-state index contributed by atoms with van der Waals surface area (Å²) in [6.07, 6.45) is 36.8. The third kappa shape index (κ3) is 51.0. The van der Waals surface area contributed by atoms with Crippen molar-refractivity contribution in [2.45, 2.75) is 334 Å². The van der Waals surface area contributed by atoms with Crippen LogP contribution in [0.5, 0.6) is 0 Å². The van der Waals surface area contributed by atoms with E-state index >= 15 is 0 Å². The van der Waals surface area contributed by atoms with Crippen LogP contribution in [0.1, 0.15) is 308 Å². The molecule has 0 N–H and O–H groups in total. The average molecular weight is 1320 g/mol. The smallest absolute Gasteiger partial charge is 0.154 e. The second-order valence-corrected chi connectivity index (χ2v) is 30.7. The third-order valence-corrected chi connectivity index (χ3v) is 19.4. The van der Waals surface area contributed by atoms with E-state index in [9.17, 15) is 13.2 Å². The van der Waals surface area contributed by atoms with Crippen molar-refractivity contribution in [2.24, 2.45) is 65.1 Å². The lowest BCUT2D eigenvalue weighted by molar-refractivity contribution is -0.187. The molecule has 0 bridgehead atoms. The molecular weight excluding hydrogens is 1170 g/mol. The number of ether oxygens (including phenoxy) is 4. The van der Waals surface area contributed by atoms with Gasteiger partial charge in [0.2, 0.25) is 0 Å². The van der Waals surface area contributed by atoms with Gasteiger partial charge in [0.15, 0.2) is 6.29 Å². The van der Waals surface area contributed by atoms with Crippen molar-refractivity contribution < 1.29 is 32.1 Å². The van der Waals surface area contributed by atoms with Crippen LogP contribution in [0.25, 0.3) is 0 Å². The van der Waals surface area contributed by atoms with Crippen LogP contribution in [0.3, 0.4) is 0 Å². The third-order valence-electron chi connectivity index (χ3n) is 19.4. The maximum absolute atomic E-state index is 12.6. The zero-order chi connectivity index (χ0) is 68.4. The highest BCUT2D eigenvalue weighted by Gasteiger charge is 2.18. The average Bonchev–Trinajstić information content (AvgIpc) is 1.44. The van der Waals surface area contributed by atoms with E-state index in [2.05, 4.69) is 154 Å². The predicted molar refractivity (Wildman–Crippen MR) is 410 cm³/mol. The lowest BCUT2D eigenvalue weighted by atomic mass is 9.84. The zero-order valence-electron chi connectivity index (χ0n) is 63.1. The van der Waals surface area contributed by atoms with Gasteiger partial charge in [-0.25, -0.2) is 13.2 Å². The molecule has 3 saturated carbocycles. The molecule has 0 spiro atoms. The Balaban J connectivity index is -0.000000967. The van der Waals surface area contributed by atoms with Crippen molar-refractivity contribution in [2.75, 3.05) is 26.4 Å². The predicted octanol–water partition coefficient (Wildman–Crippen LogP) is 27.9. The lowest BCUT2D eigenvalue weighted by Crippen LogP contribution is -2.27. The molecule has 5 aliphatic carbocycles. The summed E-state index contributed by atoms with van der Waals surface area (Å²) < 4.78 is 58.9. The van der Waals surface area contributed by atoms with E-state index in [4.69, 9.17) is 18.9 Å². The number of halogens is 3. The number of aryl methyl sites for hydroxylation is 5. The van der Waals surface area contributed by atoms with Crippen LogP contribution in [-0.4, -0.2) is 44.9 Å². The number of hydrogen-bond acceptors (Lipinski definition) is 4. The lowest BCUT2D eigenvalue weighted by Gasteiger charge is -2.24. The molecule has 0 amide bonds. The topological polar surface area (TPSA) is 36.9 Å². The first-order chi connectivity index (χ1) is 42.9. The van der Waals surface area contributed by atoms with Gasteiger partial charge < -0.3 is 18.9 Å². The van der Waals surface area contributed by atoms with Gasteiger partial charge in [0.05, 0.1) is 25.4 Å². The molecule has 6 unspecified atom stereocenters. The molecule has 548 valence electrons. The highest BCUT2D eigenvalue weighted by atomic mass is 19.1. The first-order valence-electron chi connectivity index (χ1n) is 36.9. The minimum atomic E-state index is -0.475. The molecule has 6 fully saturated rings. The van der Waals surface area contributed by atoms with Crippen molar-refractivity contribution in [3.8, 4) is 0 Å². The molecule has 4 nitrogen and oxygen atoms in total. The van der Waals surface area contributed by atoms with Gasteiger partial charge in [-0.1, -0.05) is 246 Å². The fraction of sp³-hybridized carbons (Fsp3) is 0.747. The SMILES string of the molecule is C.C.C.CC1=CCC(C)CC1.CC1=CCC(C)CC1.CC1CCC(C)CC1.CC1CCC(C)CC1.CC1CCC(C)CC1.CC1CCC(C)OC1.CC1CCC(C)OC1.CC1COC(C)OC1.Cc1cc(F)c(C)c(F)c1.Cc1ccc(C)c(F)c1.Cc1ccc(C)cc1. The van der Waals surface area contributed by atoms with Crippen molar-refractivity contribution in [3.63, 3.8) is 0 Å². The number of allylic oxidation sites excluding steroid dienone is 4. The van der Waals surface area contributed by atoms with Gasteiger partial charge in [0.25, 0.3) is 0 Å². The Hall–Kier alpha value is -3.23. The van der Waals surface area contributed by atoms with Gasteiger partial charge >= 0.3 is 0 Å². The fourth-order valence-corrected chi connectivity index (χ4v) is 11.3. The Bertz CT molecular complexity index is 2010. The van der Waals surface area contributed by atoms with Crippen molar-refractivity contribution in [1.29, 1.82) is 0 Å². The van der Waals surface area contributed by atoms with E-state index in [1.165, 1.54) is 178 Å². The van der Waals surface area contributed by atoms with E-state index in [1.54, 1.807) is 31.1 Å². The summed E-state index contributed by atoms with van der Waals surface area (Å²) in [6, 6.07) is 16.3. The first-order valence-corrected chi connectivity index (χ1v) is 36.9. The molecule has 0 radical (unpaired) electrons. The molecule has 3 heterocycles. The van der Waals surface area contributed by atoms with Crippen molar-refractivity contribution in [1.82, 2.24) is 0 Å². The second kappa shape index (κ2) is 55.6. The van der Waals surface area contributed by atoms with E-state index in [-0.39, 0.29) is 40.0 Å². The van der Waals surface area contributed by atoms with Crippen molar-refractivity contribution >= 4 is 0 Å². The minimum absolute atomic E-state index is 0. The number of benzene rings is 3. The summed E-state index contributed by atoms with van der Waals surface area (Å²) in [7, 11) is 0. The molecule has 11 rings (SSSR count). The maximum Gasteiger partial charge on any atom is 0.154 e. The highest BCUT2D eigenvalue weighted by Crippen LogP contribution is 2.30. The molecule has 7 heteroatoms. The Morgan fingerprint density at radius 3 is 0.787 bits per heavy atom.